The fourth-order valence-corrected chi connectivity index (χ4v) is 2.48. The van der Waals surface area contributed by atoms with Crippen molar-refractivity contribution >= 4 is 0 Å². The maximum atomic E-state index is 9.83. The lowest BCUT2D eigenvalue weighted by molar-refractivity contribution is 0.238. The minimum Gasteiger partial charge on any atom is -0.508 e. The second-order valence-electron chi connectivity index (χ2n) is 4.98. The van der Waals surface area contributed by atoms with Crippen LogP contribution in [0.1, 0.15) is 22.6 Å². The van der Waals surface area contributed by atoms with Crippen molar-refractivity contribution in [1.82, 2.24) is 14.9 Å². The molecule has 1 aliphatic rings. The zero-order valence-electron chi connectivity index (χ0n) is 11.0. The molecule has 0 unspecified atom stereocenters. The first-order chi connectivity index (χ1) is 9.22. The molecule has 19 heavy (non-hydrogen) atoms. The average molecular weight is 255 g/mol. The van der Waals surface area contributed by atoms with Gasteiger partial charge in [0.15, 0.2) is 0 Å². The van der Waals surface area contributed by atoms with Crippen LogP contribution in [0.2, 0.25) is 0 Å². The first-order valence-corrected chi connectivity index (χ1v) is 6.53. The van der Waals surface area contributed by atoms with E-state index in [2.05, 4.69) is 14.9 Å². The van der Waals surface area contributed by atoms with Gasteiger partial charge in [-0.3, -0.25) is 4.90 Å². The number of fused-ring (bicyclic) bond motifs is 1. The van der Waals surface area contributed by atoms with Crippen LogP contribution < -0.4 is 0 Å². The third kappa shape index (κ3) is 2.58. The Morgan fingerprint density at radius 3 is 3.00 bits per heavy atom. The molecule has 1 aromatic carbocycles. The second kappa shape index (κ2) is 4.97. The molecule has 0 radical (unpaired) electrons. The molecule has 0 amide bonds. The third-order valence-corrected chi connectivity index (χ3v) is 3.53. The van der Waals surface area contributed by atoms with Gasteiger partial charge in [-0.2, -0.15) is 0 Å². The number of hydrogen-bond donors (Lipinski definition) is 1. The largest absolute Gasteiger partial charge is 0.508 e. The molecule has 0 fully saturated rings. The Morgan fingerprint density at radius 2 is 2.16 bits per heavy atom. The molecule has 0 saturated heterocycles. The first-order valence-electron chi connectivity index (χ1n) is 6.53. The minimum atomic E-state index is 0.368. The molecule has 0 aliphatic carbocycles. The van der Waals surface area contributed by atoms with Crippen LogP contribution in [0.5, 0.6) is 5.75 Å². The summed E-state index contributed by atoms with van der Waals surface area (Å²) in [6, 6.07) is 7.51. The minimum absolute atomic E-state index is 0.368. The Balaban J connectivity index is 1.77. The Hall–Kier alpha value is -1.94. The van der Waals surface area contributed by atoms with E-state index in [1.165, 1.54) is 5.56 Å². The molecule has 4 nitrogen and oxygen atoms in total. The number of hydrogen-bond acceptors (Lipinski definition) is 4. The summed E-state index contributed by atoms with van der Waals surface area (Å²) in [6.07, 6.45) is 2.91. The van der Waals surface area contributed by atoms with Gasteiger partial charge in [-0.25, -0.2) is 9.97 Å². The van der Waals surface area contributed by atoms with Crippen molar-refractivity contribution in [2.24, 2.45) is 0 Å². The molecule has 1 aromatic heterocycles. The summed E-state index contributed by atoms with van der Waals surface area (Å²) in [5.41, 5.74) is 3.34. The van der Waals surface area contributed by atoms with E-state index >= 15 is 0 Å². The molecule has 0 saturated carbocycles. The van der Waals surface area contributed by atoms with Gasteiger partial charge in [0.2, 0.25) is 0 Å². The normalized spacial score (nSPS) is 15.2. The van der Waals surface area contributed by atoms with E-state index in [-0.39, 0.29) is 0 Å². The Bertz CT molecular complexity index is 598. The highest BCUT2D eigenvalue weighted by Gasteiger charge is 2.18. The standard InChI is InChI=1S/C15H17N3O/c1-11-16-8-12-6-7-18(10-14(12)17-11)9-13-4-2-3-5-15(13)19/h2-5,8,19H,6-7,9-10H2,1H3. The summed E-state index contributed by atoms with van der Waals surface area (Å²) in [5, 5.41) is 9.83. The Morgan fingerprint density at radius 1 is 1.32 bits per heavy atom. The number of nitrogens with zero attached hydrogens (tertiary/aromatic N) is 3. The molecule has 4 heteroatoms. The molecule has 3 rings (SSSR count). The van der Waals surface area contributed by atoms with Crippen LogP contribution in [-0.4, -0.2) is 26.5 Å². The van der Waals surface area contributed by atoms with Gasteiger partial charge in [0.1, 0.15) is 11.6 Å². The summed E-state index contributed by atoms with van der Waals surface area (Å²) in [7, 11) is 0. The molecule has 1 aliphatic heterocycles. The molecule has 0 spiro atoms. The molecular weight excluding hydrogens is 238 g/mol. The monoisotopic (exact) mass is 255 g/mol. The van der Waals surface area contributed by atoms with Crippen molar-refractivity contribution in [3.8, 4) is 5.75 Å². The third-order valence-electron chi connectivity index (χ3n) is 3.53. The van der Waals surface area contributed by atoms with Crippen LogP contribution >= 0.6 is 0 Å². The molecular formula is C15H17N3O. The lowest BCUT2D eigenvalue weighted by Gasteiger charge is -2.28. The molecule has 2 heterocycles. The highest BCUT2D eigenvalue weighted by atomic mass is 16.3. The van der Waals surface area contributed by atoms with Gasteiger partial charge < -0.3 is 5.11 Å². The van der Waals surface area contributed by atoms with Gasteiger partial charge in [0.05, 0.1) is 5.69 Å². The van der Waals surface area contributed by atoms with Crippen molar-refractivity contribution in [3.05, 3.63) is 53.1 Å². The number of para-hydroxylation sites is 1. The summed E-state index contributed by atoms with van der Waals surface area (Å²) < 4.78 is 0. The number of aryl methyl sites for hydroxylation is 1. The van der Waals surface area contributed by atoms with Crippen molar-refractivity contribution in [1.29, 1.82) is 0 Å². The fourth-order valence-electron chi connectivity index (χ4n) is 2.48. The van der Waals surface area contributed by atoms with Gasteiger partial charge >= 0.3 is 0 Å². The predicted molar refractivity (Wildman–Crippen MR) is 72.7 cm³/mol. The van der Waals surface area contributed by atoms with Crippen LogP contribution in [0.25, 0.3) is 0 Å². The van der Waals surface area contributed by atoms with E-state index in [0.29, 0.717) is 5.75 Å². The van der Waals surface area contributed by atoms with Crippen molar-refractivity contribution in [2.45, 2.75) is 26.4 Å². The lowest BCUT2D eigenvalue weighted by Crippen LogP contribution is -2.31. The van der Waals surface area contributed by atoms with Crippen LogP contribution in [0.15, 0.2) is 30.5 Å². The summed E-state index contributed by atoms with van der Waals surface area (Å²) >= 11 is 0. The smallest absolute Gasteiger partial charge is 0.125 e. The van der Waals surface area contributed by atoms with Crippen LogP contribution in [0, 0.1) is 6.92 Å². The highest BCUT2D eigenvalue weighted by molar-refractivity contribution is 5.32. The van der Waals surface area contributed by atoms with E-state index in [4.69, 9.17) is 0 Å². The number of aromatic nitrogens is 2. The Labute approximate surface area is 112 Å². The van der Waals surface area contributed by atoms with Gasteiger partial charge in [0, 0.05) is 31.4 Å². The van der Waals surface area contributed by atoms with E-state index in [9.17, 15) is 5.11 Å². The average Bonchev–Trinajstić information content (AvgIpc) is 2.41. The van der Waals surface area contributed by atoms with Gasteiger partial charge in [-0.05, 0) is 25.0 Å². The number of rotatable bonds is 2. The molecule has 1 N–H and O–H groups in total. The molecule has 98 valence electrons. The topological polar surface area (TPSA) is 49.2 Å². The van der Waals surface area contributed by atoms with E-state index in [1.807, 2.05) is 31.3 Å². The predicted octanol–water partition coefficient (Wildman–Crippen LogP) is 2.05. The number of aromatic hydroxyl groups is 1. The molecule has 0 bridgehead atoms. The Kier molecular flexibility index (Phi) is 3.17. The van der Waals surface area contributed by atoms with Crippen LogP contribution in [0.3, 0.4) is 0 Å². The zero-order chi connectivity index (χ0) is 13.2. The fraction of sp³-hybridized carbons (Fsp3) is 0.333. The van der Waals surface area contributed by atoms with E-state index in [1.54, 1.807) is 6.07 Å². The SMILES string of the molecule is Cc1ncc2c(n1)CN(Cc1ccccc1O)CC2. The van der Waals surface area contributed by atoms with Gasteiger partial charge in [-0.15, -0.1) is 0 Å². The number of phenolic OH excluding ortho intramolecular Hbond substituents is 1. The highest BCUT2D eigenvalue weighted by Crippen LogP contribution is 2.22. The second-order valence-corrected chi connectivity index (χ2v) is 4.98. The maximum Gasteiger partial charge on any atom is 0.125 e. The lowest BCUT2D eigenvalue weighted by atomic mass is 10.1. The zero-order valence-corrected chi connectivity index (χ0v) is 11.0. The maximum absolute atomic E-state index is 9.83. The summed E-state index contributed by atoms with van der Waals surface area (Å²) in [4.78, 5) is 11.1. The molecule has 0 atom stereocenters. The summed E-state index contributed by atoms with van der Waals surface area (Å²) in [6.45, 7) is 4.48. The van der Waals surface area contributed by atoms with Crippen molar-refractivity contribution in [2.75, 3.05) is 6.54 Å². The first kappa shape index (κ1) is 12.1. The van der Waals surface area contributed by atoms with Crippen molar-refractivity contribution in [3.63, 3.8) is 0 Å². The van der Waals surface area contributed by atoms with E-state index < -0.39 is 0 Å². The van der Waals surface area contributed by atoms with Gasteiger partial charge in [-0.1, -0.05) is 18.2 Å². The van der Waals surface area contributed by atoms with Crippen LogP contribution in [-0.2, 0) is 19.5 Å². The quantitative estimate of drug-likeness (QED) is 0.892. The van der Waals surface area contributed by atoms with E-state index in [0.717, 1.165) is 43.1 Å². The van der Waals surface area contributed by atoms with Gasteiger partial charge in [0.25, 0.3) is 0 Å². The van der Waals surface area contributed by atoms with Crippen molar-refractivity contribution < 1.29 is 5.11 Å². The number of benzene rings is 1. The molecule has 2 aromatic rings. The number of phenols is 1. The summed E-state index contributed by atoms with van der Waals surface area (Å²) in [5.74, 6) is 1.19. The van der Waals surface area contributed by atoms with Crippen LogP contribution in [0.4, 0.5) is 0 Å².